The zero-order chi connectivity index (χ0) is 25.9. The van der Waals surface area contributed by atoms with Gasteiger partial charge in [-0.05, 0) is 96.4 Å². The molecular formula is C32H38N2O4. The summed E-state index contributed by atoms with van der Waals surface area (Å²) in [4.78, 5) is 6.45. The molecule has 1 aromatic heterocycles. The van der Waals surface area contributed by atoms with E-state index in [2.05, 4.69) is 53.2 Å². The fourth-order valence-electron chi connectivity index (χ4n) is 9.73. The third kappa shape index (κ3) is 2.99. The lowest BCUT2D eigenvalue weighted by Crippen LogP contribution is -2.62. The fraction of sp³-hybridized carbons (Fsp3) is 0.594. The van der Waals surface area contributed by atoms with E-state index in [-0.39, 0.29) is 17.1 Å². The van der Waals surface area contributed by atoms with Crippen molar-refractivity contribution in [2.45, 2.75) is 93.3 Å². The quantitative estimate of drug-likeness (QED) is 0.565. The van der Waals surface area contributed by atoms with Gasteiger partial charge < -0.3 is 20.1 Å². The molecule has 3 N–H and O–H groups in total. The topological polar surface area (TPSA) is 86.1 Å². The van der Waals surface area contributed by atoms with Gasteiger partial charge in [-0.25, -0.2) is 0 Å². The molecule has 6 heteroatoms. The first-order valence-electron chi connectivity index (χ1n) is 14.6. The average molecular weight is 515 g/mol. The van der Waals surface area contributed by atoms with Crippen LogP contribution in [-0.2, 0) is 4.74 Å². The van der Waals surface area contributed by atoms with E-state index in [9.17, 15) is 15.3 Å². The molecular weight excluding hydrogens is 476 g/mol. The summed E-state index contributed by atoms with van der Waals surface area (Å²) in [7, 11) is 0. The summed E-state index contributed by atoms with van der Waals surface area (Å²) in [6.45, 7) is 3.31. The molecule has 200 valence electrons. The van der Waals surface area contributed by atoms with Gasteiger partial charge in [-0.1, -0.05) is 31.2 Å². The number of hydrogen-bond donors (Lipinski definition) is 3. The molecule has 9 atom stereocenters. The van der Waals surface area contributed by atoms with Gasteiger partial charge in [-0.15, -0.1) is 0 Å². The number of allylic oxidation sites excluding steroid dienone is 1. The Labute approximate surface area is 224 Å². The molecule has 6 nitrogen and oxygen atoms in total. The molecule has 2 aromatic rings. The van der Waals surface area contributed by atoms with Crippen LogP contribution in [0.1, 0.15) is 63.4 Å². The molecule has 38 heavy (non-hydrogen) atoms. The highest BCUT2D eigenvalue weighted by Gasteiger charge is 2.69. The van der Waals surface area contributed by atoms with Gasteiger partial charge in [0.25, 0.3) is 0 Å². The van der Waals surface area contributed by atoms with Crippen molar-refractivity contribution in [1.82, 2.24) is 9.88 Å². The van der Waals surface area contributed by atoms with Gasteiger partial charge >= 0.3 is 0 Å². The molecule has 4 heterocycles. The van der Waals surface area contributed by atoms with Crippen molar-refractivity contribution in [3.8, 4) is 0 Å². The van der Waals surface area contributed by atoms with E-state index in [4.69, 9.17) is 4.74 Å². The van der Waals surface area contributed by atoms with Crippen molar-refractivity contribution >= 4 is 10.8 Å². The first-order chi connectivity index (χ1) is 18.3. The minimum absolute atomic E-state index is 0.0957. The Kier molecular flexibility index (Phi) is 4.99. The molecule has 2 spiro atoms. The summed E-state index contributed by atoms with van der Waals surface area (Å²) in [5.74, 6) is 0.871. The van der Waals surface area contributed by atoms with Crippen LogP contribution in [0.2, 0.25) is 0 Å². The van der Waals surface area contributed by atoms with Gasteiger partial charge in [-0.2, -0.15) is 0 Å². The number of rotatable bonds is 2. The van der Waals surface area contributed by atoms with E-state index in [0.29, 0.717) is 24.9 Å². The third-order valence-corrected chi connectivity index (χ3v) is 11.6. The van der Waals surface area contributed by atoms with E-state index >= 15 is 0 Å². The third-order valence-electron chi connectivity index (χ3n) is 11.6. The molecule has 3 aliphatic carbocycles. The Morgan fingerprint density at radius 2 is 1.79 bits per heavy atom. The van der Waals surface area contributed by atoms with Crippen molar-refractivity contribution in [1.29, 1.82) is 0 Å². The fourth-order valence-corrected chi connectivity index (χ4v) is 9.73. The number of aromatic nitrogens is 1. The van der Waals surface area contributed by atoms with E-state index < -0.39 is 23.9 Å². The monoisotopic (exact) mass is 514 g/mol. The molecule has 8 rings (SSSR count). The molecule has 3 aliphatic heterocycles. The highest BCUT2D eigenvalue weighted by molar-refractivity contribution is 5.82. The van der Waals surface area contributed by atoms with Crippen molar-refractivity contribution in [2.75, 3.05) is 13.1 Å². The second-order valence-corrected chi connectivity index (χ2v) is 13.2. The Morgan fingerprint density at radius 3 is 2.63 bits per heavy atom. The lowest BCUT2D eigenvalue weighted by Gasteiger charge is -2.56. The van der Waals surface area contributed by atoms with Crippen LogP contribution < -0.4 is 0 Å². The summed E-state index contributed by atoms with van der Waals surface area (Å²) >= 11 is 0. The van der Waals surface area contributed by atoms with Gasteiger partial charge in [0.1, 0.15) is 11.7 Å². The molecule has 4 fully saturated rings. The SMILES string of the molecule is C[C@]12CC=C3C=C4CC[C@@H](N5C[C@H](O)[C@@H](O)C5)[C@@H](O)[C@]45CCC3(O5)[C@@H]1CC[C@@H]2c1ccc2ccncc2c1. The number of ether oxygens (including phenoxy) is 1. The number of aliphatic hydroxyl groups is 3. The normalized spacial score (nSPS) is 45.9. The molecule has 2 bridgehead atoms. The van der Waals surface area contributed by atoms with E-state index in [0.717, 1.165) is 44.9 Å². The van der Waals surface area contributed by atoms with Crippen molar-refractivity contribution in [3.05, 3.63) is 65.5 Å². The summed E-state index contributed by atoms with van der Waals surface area (Å²) in [6.07, 6.45) is 13.4. The first-order valence-corrected chi connectivity index (χ1v) is 14.6. The van der Waals surface area contributed by atoms with Crippen LogP contribution in [-0.4, -0.2) is 73.8 Å². The van der Waals surface area contributed by atoms with Gasteiger partial charge in [0.2, 0.25) is 0 Å². The first kappa shape index (κ1) is 23.8. The second-order valence-electron chi connectivity index (χ2n) is 13.2. The van der Waals surface area contributed by atoms with Crippen LogP contribution in [0.3, 0.4) is 0 Å². The number of aliphatic hydroxyl groups excluding tert-OH is 3. The maximum atomic E-state index is 11.9. The molecule has 0 radical (unpaired) electrons. The maximum Gasteiger partial charge on any atom is 0.118 e. The number of fused-ring (bicyclic) bond motifs is 2. The number of β-amino-alcohol motifs (C(OH)–C–C–N with tert-alkyl or cyclic N) is 2. The van der Waals surface area contributed by atoms with E-state index in [1.807, 2.05) is 12.4 Å². The summed E-state index contributed by atoms with van der Waals surface area (Å²) in [6, 6.07) is 8.89. The van der Waals surface area contributed by atoms with Crippen molar-refractivity contribution < 1.29 is 20.1 Å². The number of benzene rings is 1. The molecule has 2 saturated carbocycles. The zero-order valence-electron chi connectivity index (χ0n) is 22.1. The molecule has 1 aromatic carbocycles. The smallest absolute Gasteiger partial charge is 0.118 e. The lowest BCUT2D eigenvalue weighted by atomic mass is 9.58. The van der Waals surface area contributed by atoms with Gasteiger partial charge in [0, 0.05) is 36.9 Å². The lowest BCUT2D eigenvalue weighted by molar-refractivity contribution is -0.185. The van der Waals surface area contributed by atoms with Crippen LogP contribution in [0, 0.1) is 11.3 Å². The van der Waals surface area contributed by atoms with Crippen LogP contribution in [0.5, 0.6) is 0 Å². The predicted octanol–water partition coefficient (Wildman–Crippen LogP) is 3.85. The maximum absolute atomic E-state index is 11.9. The minimum atomic E-state index is -0.742. The largest absolute Gasteiger partial charge is 0.389 e. The van der Waals surface area contributed by atoms with E-state index in [1.54, 1.807) is 0 Å². The Balaban J connectivity index is 1.14. The van der Waals surface area contributed by atoms with Crippen molar-refractivity contribution in [2.24, 2.45) is 11.3 Å². The van der Waals surface area contributed by atoms with Crippen LogP contribution >= 0.6 is 0 Å². The van der Waals surface area contributed by atoms with E-state index in [1.165, 1.54) is 27.5 Å². The highest BCUT2D eigenvalue weighted by atomic mass is 16.5. The summed E-state index contributed by atoms with van der Waals surface area (Å²) in [5, 5.41) is 34.7. The highest BCUT2D eigenvalue weighted by Crippen LogP contribution is 2.69. The molecule has 1 unspecified atom stereocenters. The Bertz CT molecular complexity index is 1360. The number of pyridine rings is 1. The van der Waals surface area contributed by atoms with Crippen LogP contribution in [0.4, 0.5) is 0 Å². The van der Waals surface area contributed by atoms with Gasteiger partial charge in [-0.3, -0.25) is 9.88 Å². The average Bonchev–Trinajstić information content (AvgIpc) is 3.56. The molecule has 0 amide bonds. The number of likely N-dealkylation sites (tertiary alicyclic amines) is 1. The number of hydrogen-bond acceptors (Lipinski definition) is 6. The zero-order valence-corrected chi connectivity index (χ0v) is 22.1. The molecule has 6 aliphatic rings. The summed E-state index contributed by atoms with van der Waals surface area (Å²) < 4.78 is 7.32. The van der Waals surface area contributed by atoms with Gasteiger partial charge in [0.05, 0.1) is 17.8 Å². The Hall–Kier alpha value is -2.09. The van der Waals surface area contributed by atoms with Crippen LogP contribution in [0.15, 0.2) is 60.0 Å². The van der Waals surface area contributed by atoms with Crippen molar-refractivity contribution in [3.63, 3.8) is 0 Å². The van der Waals surface area contributed by atoms with Gasteiger partial charge in [0.15, 0.2) is 0 Å². The molecule has 2 saturated heterocycles. The predicted molar refractivity (Wildman–Crippen MR) is 144 cm³/mol. The number of nitrogens with zero attached hydrogens (tertiary/aromatic N) is 2. The standard InChI is InChI=1S/C32H38N2O4/c1-30-10-8-23-15-22-4-6-25(34-17-26(35)27(36)18-34)29(37)32(22)12-11-31(23,38-32)28(30)7-5-24(30)20-3-2-19-9-13-33-16-21(19)14-20/h2-3,8-9,13-16,24-29,35-37H,4-7,10-12,17-18H2,1H3/t24-,25-,26+,27+,28-,29-,30-,31?,32+/m1/s1. The summed E-state index contributed by atoms with van der Waals surface area (Å²) in [5.41, 5.74) is 3.12. The second kappa shape index (κ2) is 7.98. The Morgan fingerprint density at radius 1 is 0.974 bits per heavy atom. The van der Waals surface area contributed by atoms with Crippen LogP contribution in [0.25, 0.3) is 10.8 Å². The minimum Gasteiger partial charge on any atom is -0.389 e.